The van der Waals surface area contributed by atoms with Crippen LogP contribution in [-0.4, -0.2) is 70.6 Å². The van der Waals surface area contributed by atoms with E-state index in [1.807, 2.05) is 31.0 Å². The summed E-state index contributed by atoms with van der Waals surface area (Å²) in [5.41, 5.74) is 2.31. The fourth-order valence-electron chi connectivity index (χ4n) is 4.21. The summed E-state index contributed by atoms with van der Waals surface area (Å²) in [7, 11) is 1.83. The van der Waals surface area contributed by atoms with Crippen LogP contribution in [0.2, 0.25) is 0 Å². The van der Waals surface area contributed by atoms with Gasteiger partial charge >= 0.3 is 6.03 Å². The predicted octanol–water partition coefficient (Wildman–Crippen LogP) is 1.60. The third-order valence-electron chi connectivity index (χ3n) is 5.49. The molecule has 2 saturated heterocycles. The largest absolute Gasteiger partial charge is 0.396 e. The Balaban J connectivity index is 1.72. The van der Waals surface area contributed by atoms with E-state index >= 15 is 0 Å². The van der Waals surface area contributed by atoms with Crippen molar-refractivity contribution in [1.82, 2.24) is 14.7 Å². The quantitative estimate of drug-likeness (QED) is 0.825. The number of aliphatic hydroxyl groups is 1. The smallest absolute Gasteiger partial charge is 0.320 e. The minimum atomic E-state index is -0.0852. The molecule has 25 heavy (non-hydrogen) atoms. The Morgan fingerprint density at radius 2 is 2.04 bits per heavy atom. The Morgan fingerprint density at radius 1 is 1.32 bits per heavy atom. The van der Waals surface area contributed by atoms with E-state index in [2.05, 4.69) is 12.1 Å². The van der Waals surface area contributed by atoms with Gasteiger partial charge in [-0.15, -0.1) is 0 Å². The molecule has 0 aromatic heterocycles. The molecule has 3 rings (SSSR count). The SMILES string of the molecule is Cc1ccc(CN(C)C(=O)N2C3CCC2[C@@H](CCO)N(C=O)C3)cc1. The van der Waals surface area contributed by atoms with Gasteiger partial charge in [-0.05, 0) is 31.7 Å². The van der Waals surface area contributed by atoms with Crippen LogP contribution in [0, 0.1) is 6.92 Å². The lowest BCUT2D eigenvalue weighted by Crippen LogP contribution is -2.62. The van der Waals surface area contributed by atoms with Crippen molar-refractivity contribution in [3.63, 3.8) is 0 Å². The molecule has 3 amide bonds. The molecule has 2 unspecified atom stereocenters. The lowest BCUT2D eigenvalue weighted by molar-refractivity contribution is -0.124. The zero-order valence-electron chi connectivity index (χ0n) is 15.0. The molecule has 1 N–H and O–H groups in total. The third kappa shape index (κ3) is 3.49. The fraction of sp³-hybridized carbons (Fsp3) is 0.579. The lowest BCUT2D eigenvalue weighted by Gasteiger charge is -2.46. The van der Waals surface area contributed by atoms with Crippen LogP contribution in [-0.2, 0) is 11.3 Å². The van der Waals surface area contributed by atoms with Crippen LogP contribution in [0.3, 0.4) is 0 Å². The number of aliphatic hydroxyl groups excluding tert-OH is 1. The van der Waals surface area contributed by atoms with Gasteiger partial charge in [-0.1, -0.05) is 29.8 Å². The van der Waals surface area contributed by atoms with E-state index in [9.17, 15) is 14.7 Å². The number of benzene rings is 1. The second-order valence-corrected chi connectivity index (χ2v) is 7.21. The van der Waals surface area contributed by atoms with E-state index in [4.69, 9.17) is 0 Å². The van der Waals surface area contributed by atoms with Gasteiger partial charge in [-0.3, -0.25) is 4.79 Å². The van der Waals surface area contributed by atoms with Gasteiger partial charge in [0, 0.05) is 26.7 Å². The van der Waals surface area contributed by atoms with E-state index in [1.54, 1.807) is 9.80 Å². The first-order chi connectivity index (χ1) is 12.0. The zero-order chi connectivity index (χ0) is 18.0. The maximum Gasteiger partial charge on any atom is 0.320 e. The standard InChI is InChI=1S/C19H27N3O3/c1-14-3-5-15(6-4-14)11-20(2)19(25)22-16-7-8-18(22)17(9-10-23)21(12-16)13-24/h3-6,13,16-18,23H,7-12H2,1-2H3/t16?,17-,18?/m1/s1. The monoisotopic (exact) mass is 345 g/mol. The van der Waals surface area contributed by atoms with Crippen LogP contribution in [0.15, 0.2) is 24.3 Å². The molecule has 0 saturated carbocycles. The Morgan fingerprint density at radius 3 is 2.68 bits per heavy atom. The van der Waals surface area contributed by atoms with E-state index in [-0.39, 0.29) is 30.8 Å². The Kier molecular flexibility index (Phi) is 5.27. The van der Waals surface area contributed by atoms with Crippen molar-refractivity contribution in [2.45, 2.75) is 50.9 Å². The summed E-state index contributed by atoms with van der Waals surface area (Å²) >= 11 is 0. The Bertz CT molecular complexity index is 619. The Labute approximate surface area is 149 Å². The highest BCUT2D eigenvalue weighted by Gasteiger charge is 2.48. The van der Waals surface area contributed by atoms with E-state index in [1.165, 1.54) is 5.56 Å². The molecular weight excluding hydrogens is 318 g/mol. The maximum absolute atomic E-state index is 13.1. The van der Waals surface area contributed by atoms with E-state index in [0.29, 0.717) is 19.5 Å². The summed E-state index contributed by atoms with van der Waals surface area (Å²) in [4.78, 5) is 29.9. The lowest BCUT2D eigenvalue weighted by atomic mass is 10.0. The number of carbonyl (C=O) groups is 2. The summed E-state index contributed by atoms with van der Waals surface area (Å²) in [6.07, 6.45) is 3.19. The van der Waals surface area contributed by atoms with Gasteiger partial charge in [0.2, 0.25) is 6.41 Å². The van der Waals surface area contributed by atoms with Gasteiger partial charge in [0.1, 0.15) is 0 Å². The number of hydrogen-bond donors (Lipinski definition) is 1. The molecular formula is C19H27N3O3. The Hall–Kier alpha value is -2.08. The molecule has 6 nitrogen and oxygen atoms in total. The number of piperazine rings is 1. The van der Waals surface area contributed by atoms with Crippen molar-refractivity contribution >= 4 is 12.4 Å². The number of rotatable bonds is 5. The van der Waals surface area contributed by atoms with Gasteiger partial charge < -0.3 is 19.8 Å². The highest BCUT2D eigenvalue weighted by atomic mass is 16.3. The summed E-state index contributed by atoms with van der Waals surface area (Å²) < 4.78 is 0. The summed E-state index contributed by atoms with van der Waals surface area (Å²) in [5, 5.41) is 9.35. The number of nitrogens with zero attached hydrogens (tertiary/aromatic N) is 3. The van der Waals surface area contributed by atoms with Crippen molar-refractivity contribution in [2.24, 2.45) is 0 Å². The van der Waals surface area contributed by atoms with E-state index in [0.717, 1.165) is 24.8 Å². The number of amides is 3. The number of fused-ring (bicyclic) bond motifs is 2. The van der Waals surface area contributed by atoms with Gasteiger partial charge in [0.05, 0.1) is 18.1 Å². The first-order valence-corrected chi connectivity index (χ1v) is 8.96. The van der Waals surface area contributed by atoms with Crippen molar-refractivity contribution in [1.29, 1.82) is 0 Å². The summed E-state index contributed by atoms with van der Waals surface area (Å²) in [6, 6.07) is 8.22. The molecule has 136 valence electrons. The predicted molar refractivity (Wildman–Crippen MR) is 95.0 cm³/mol. The topological polar surface area (TPSA) is 64.1 Å². The highest BCUT2D eigenvalue weighted by Crippen LogP contribution is 2.35. The zero-order valence-corrected chi connectivity index (χ0v) is 15.0. The molecule has 0 radical (unpaired) electrons. The molecule has 2 fully saturated rings. The number of urea groups is 1. The van der Waals surface area contributed by atoms with Crippen molar-refractivity contribution in [3.8, 4) is 0 Å². The number of hydrogen-bond acceptors (Lipinski definition) is 3. The molecule has 2 aliphatic heterocycles. The average Bonchev–Trinajstić information content (AvgIpc) is 2.94. The number of likely N-dealkylation sites (tertiary alicyclic amines) is 1. The molecule has 1 aromatic rings. The highest BCUT2D eigenvalue weighted by molar-refractivity contribution is 5.76. The van der Waals surface area contributed by atoms with Crippen LogP contribution in [0.1, 0.15) is 30.4 Å². The second kappa shape index (κ2) is 7.44. The molecule has 2 aliphatic rings. The molecule has 6 heteroatoms. The first kappa shape index (κ1) is 17.7. The molecule has 2 bridgehead atoms. The maximum atomic E-state index is 13.1. The van der Waals surface area contributed by atoms with Gasteiger partial charge in [0.25, 0.3) is 0 Å². The van der Waals surface area contributed by atoms with E-state index < -0.39 is 0 Å². The van der Waals surface area contributed by atoms with Crippen molar-refractivity contribution in [2.75, 3.05) is 20.2 Å². The minimum Gasteiger partial charge on any atom is -0.396 e. The van der Waals surface area contributed by atoms with Crippen LogP contribution >= 0.6 is 0 Å². The first-order valence-electron chi connectivity index (χ1n) is 8.96. The molecule has 2 heterocycles. The van der Waals surface area contributed by atoms with Crippen LogP contribution in [0.4, 0.5) is 4.79 Å². The number of carbonyl (C=O) groups excluding carboxylic acids is 2. The summed E-state index contributed by atoms with van der Waals surface area (Å²) in [6.45, 7) is 3.20. The fourth-order valence-corrected chi connectivity index (χ4v) is 4.21. The van der Waals surface area contributed by atoms with Crippen LogP contribution in [0.5, 0.6) is 0 Å². The minimum absolute atomic E-state index is 0.00377. The second-order valence-electron chi connectivity index (χ2n) is 7.21. The summed E-state index contributed by atoms with van der Waals surface area (Å²) in [5.74, 6) is 0. The molecule has 3 atom stereocenters. The molecule has 1 aromatic carbocycles. The third-order valence-corrected chi connectivity index (χ3v) is 5.49. The molecule has 0 aliphatic carbocycles. The van der Waals surface area contributed by atoms with Crippen LogP contribution < -0.4 is 0 Å². The van der Waals surface area contributed by atoms with Crippen LogP contribution in [0.25, 0.3) is 0 Å². The van der Waals surface area contributed by atoms with Gasteiger partial charge in [0.15, 0.2) is 0 Å². The number of aryl methyl sites for hydroxylation is 1. The normalized spacial score (nSPS) is 25.2. The average molecular weight is 345 g/mol. The van der Waals surface area contributed by atoms with Gasteiger partial charge in [-0.2, -0.15) is 0 Å². The van der Waals surface area contributed by atoms with Gasteiger partial charge in [-0.25, -0.2) is 4.79 Å². The molecule has 0 spiro atoms. The van der Waals surface area contributed by atoms with Crippen molar-refractivity contribution in [3.05, 3.63) is 35.4 Å². The van der Waals surface area contributed by atoms with Crippen molar-refractivity contribution < 1.29 is 14.7 Å².